The number of carbonyl (C=O) groups excluding carboxylic acids is 1. The maximum Gasteiger partial charge on any atom is 0.355 e. The number of halogens is 2. The number of aromatic nitrogens is 4. The van der Waals surface area contributed by atoms with Crippen LogP contribution in [0.2, 0.25) is 5.02 Å². The zero-order chi connectivity index (χ0) is 33.4. The highest BCUT2D eigenvalue weighted by Crippen LogP contribution is 2.38. The molecular weight excluding hydrogens is 600 g/mol. The fourth-order valence-electron chi connectivity index (χ4n) is 6.43. The van der Waals surface area contributed by atoms with E-state index < -0.39 is 11.5 Å². The maximum absolute atomic E-state index is 15.7. The number of nitrogens with zero attached hydrogens (tertiary/aromatic N) is 6. The summed E-state index contributed by atoms with van der Waals surface area (Å²) >= 11 is 7.00. The summed E-state index contributed by atoms with van der Waals surface area (Å²) in [5.74, 6) is -0.228. The summed E-state index contributed by atoms with van der Waals surface area (Å²) in [7, 11) is 3.87. The summed E-state index contributed by atoms with van der Waals surface area (Å²) in [6.45, 7) is 14.5. The van der Waals surface area contributed by atoms with Gasteiger partial charge >= 0.3 is 5.69 Å². The van der Waals surface area contributed by atoms with E-state index in [0.29, 0.717) is 47.6 Å². The summed E-state index contributed by atoms with van der Waals surface area (Å²) < 4.78 is 17.2. The molecule has 46 heavy (non-hydrogen) atoms. The molecule has 4 aromatic rings. The van der Waals surface area contributed by atoms with Crippen LogP contribution in [-0.2, 0) is 11.2 Å². The zero-order valence-corrected chi connectivity index (χ0v) is 28.2. The predicted octanol–water partition coefficient (Wildman–Crippen LogP) is 4.50. The molecule has 1 aliphatic heterocycles. The highest BCUT2D eigenvalue weighted by atomic mass is 35.5. The normalized spacial score (nSPS) is 16.6. The van der Waals surface area contributed by atoms with Crippen LogP contribution in [0.1, 0.15) is 57.4 Å². The van der Waals surface area contributed by atoms with Gasteiger partial charge in [-0.25, -0.2) is 18.7 Å². The number of aryl methyl sites for hydroxylation is 1. The van der Waals surface area contributed by atoms with Crippen molar-refractivity contribution in [1.29, 1.82) is 0 Å². The molecule has 1 aromatic carbocycles. The Kier molecular flexibility index (Phi) is 9.54. The van der Waals surface area contributed by atoms with Crippen LogP contribution in [-0.4, -0.2) is 71.2 Å². The van der Waals surface area contributed by atoms with Crippen LogP contribution < -0.4 is 10.6 Å². The van der Waals surface area contributed by atoms with E-state index in [1.54, 1.807) is 23.2 Å². The Morgan fingerprint density at radius 2 is 1.87 bits per heavy atom. The number of hydrogen-bond acceptors (Lipinski definition) is 6. The number of carbonyl (C=O) groups is 1. The highest BCUT2D eigenvalue weighted by Gasteiger charge is 2.34. The summed E-state index contributed by atoms with van der Waals surface area (Å²) in [6.07, 6.45) is 5.58. The summed E-state index contributed by atoms with van der Waals surface area (Å²) in [6, 6.07) is 8.09. The van der Waals surface area contributed by atoms with Crippen molar-refractivity contribution in [3.63, 3.8) is 0 Å². The van der Waals surface area contributed by atoms with Crippen molar-refractivity contribution in [3.05, 3.63) is 92.7 Å². The minimum absolute atomic E-state index is 0.0127. The molecule has 8 nitrogen and oxygen atoms in total. The lowest BCUT2D eigenvalue weighted by molar-refractivity contribution is -0.127. The minimum atomic E-state index is -0.532. The Balaban J connectivity index is 1.89. The van der Waals surface area contributed by atoms with E-state index in [9.17, 15) is 9.59 Å². The smallest absolute Gasteiger partial charge is 0.347 e. The third-order valence-electron chi connectivity index (χ3n) is 8.37. The molecule has 0 N–H and O–H groups in total. The number of benzene rings is 1. The summed E-state index contributed by atoms with van der Waals surface area (Å²) in [5, 5.41) is 1.74. The minimum Gasteiger partial charge on any atom is -0.347 e. The maximum atomic E-state index is 15.7. The first-order chi connectivity index (χ1) is 21.9. The van der Waals surface area contributed by atoms with Gasteiger partial charge in [0.1, 0.15) is 27.3 Å². The quantitative estimate of drug-likeness (QED) is 0.219. The van der Waals surface area contributed by atoms with Gasteiger partial charge in [-0.05, 0) is 61.6 Å². The monoisotopic (exact) mass is 638 g/mol. The van der Waals surface area contributed by atoms with Gasteiger partial charge in [-0.3, -0.25) is 9.78 Å². The predicted molar refractivity (Wildman–Crippen MR) is 190 cm³/mol. The third kappa shape index (κ3) is 6.00. The Morgan fingerprint density at radius 3 is 2.48 bits per heavy atom. The first kappa shape index (κ1) is 33.1. The van der Waals surface area contributed by atoms with E-state index in [2.05, 4.69) is 16.5 Å². The van der Waals surface area contributed by atoms with Crippen LogP contribution in [0.25, 0.3) is 34.1 Å². The number of pyridine rings is 2. The number of amides is 1. The van der Waals surface area contributed by atoms with Gasteiger partial charge in [-0.2, -0.15) is 4.98 Å². The lowest BCUT2D eigenvalue weighted by Crippen LogP contribution is -2.58. The summed E-state index contributed by atoms with van der Waals surface area (Å²) in [4.78, 5) is 45.0. The van der Waals surface area contributed by atoms with E-state index in [1.807, 2.05) is 73.4 Å². The molecule has 236 valence electrons. The van der Waals surface area contributed by atoms with Crippen LogP contribution in [0, 0.1) is 5.82 Å². The van der Waals surface area contributed by atoms with Crippen molar-refractivity contribution in [2.24, 2.45) is 0 Å². The third-order valence-corrected chi connectivity index (χ3v) is 8.65. The second kappa shape index (κ2) is 13.2. The molecule has 0 saturated carbocycles. The summed E-state index contributed by atoms with van der Waals surface area (Å²) in [5.41, 5.74) is 3.12. The second-order valence-electron chi connectivity index (χ2n) is 12.4. The van der Waals surface area contributed by atoms with Crippen LogP contribution >= 0.6 is 11.6 Å². The van der Waals surface area contributed by atoms with E-state index >= 15 is 4.39 Å². The highest BCUT2D eigenvalue weighted by molar-refractivity contribution is 6.50. The molecule has 1 aliphatic rings. The van der Waals surface area contributed by atoms with Crippen molar-refractivity contribution < 1.29 is 9.18 Å². The Morgan fingerprint density at radius 1 is 1.17 bits per heavy atom. The van der Waals surface area contributed by atoms with Gasteiger partial charge < -0.3 is 9.80 Å². The molecule has 0 aliphatic carbocycles. The van der Waals surface area contributed by atoms with E-state index in [1.165, 1.54) is 16.7 Å². The molecule has 1 saturated heterocycles. The number of anilines is 1. The Hall–Kier alpha value is -4.24. The number of hydrogen-bond donors (Lipinski definition) is 0. The van der Waals surface area contributed by atoms with Gasteiger partial charge in [0.15, 0.2) is 5.65 Å². The van der Waals surface area contributed by atoms with Crippen LogP contribution in [0.3, 0.4) is 0 Å². The van der Waals surface area contributed by atoms with Crippen LogP contribution in [0.5, 0.6) is 0 Å². The van der Waals surface area contributed by atoms with Crippen molar-refractivity contribution in [3.8, 4) is 16.9 Å². The second-order valence-corrected chi connectivity index (χ2v) is 12.8. The topological polar surface area (TPSA) is 84.2 Å². The van der Waals surface area contributed by atoms with E-state index in [0.717, 1.165) is 16.6 Å². The molecular formula is C34H38B2ClFN6O2. The van der Waals surface area contributed by atoms with Gasteiger partial charge in [0.25, 0.3) is 0 Å². The first-order valence-corrected chi connectivity index (χ1v) is 16.0. The van der Waals surface area contributed by atoms with Gasteiger partial charge in [0.05, 0.1) is 27.5 Å². The molecule has 3 aromatic heterocycles. The molecule has 0 bridgehead atoms. The van der Waals surface area contributed by atoms with Gasteiger partial charge in [-0.15, -0.1) is 5.37 Å². The molecule has 1 fully saturated rings. The van der Waals surface area contributed by atoms with Crippen LogP contribution in [0.4, 0.5) is 10.2 Å². The average Bonchev–Trinajstić information content (AvgIpc) is 3.00. The van der Waals surface area contributed by atoms with Crippen molar-refractivity contribution in [1.82, 2.24) is 24.4 Å². The van der Waals surface area contributed by atoms with Crippen molar-refractivity contribution in [2.75, 3.05) is 18.0 Å². The molecule has 4 heterocycles. The Labute approximate surface area is 275 Å². The molecule has 12 heteroatoms. The number of fused-ring (bicyclic) bond motifs is 1. The fraction of sp³-hybridized carbons (Fsp3) is 0.324. The van der Waals surface area contributed by atoms with Crippen molar-refractivity contribution in [2.45, 2.75) is 59.0 Å². The number of rotatable bonds is 7. The molecule has 0 spiro atoms. The van der Waals surface area contributed by atoms with Gasteiger partial charge in [-0.1, -0.05) is 57.2 Å². The lowest BCUT2D eigenvalue weighted by Gasteiger charge is -2.45. The van der Waals surface area contributed by atoms with E-state index in [-0.39, 0.29) is 40.2 Å². The number of piperazine rings is 1. The molecule has 1 amide bonds. The van der Waals surface area contributed by atoms with Gasteiger partial charge in [0, 0.05) is 36.9 Å². The molecule has 5 rings (SSSR count). The Bertz CT molecular complexity index is 1930. The van der Waals surface area contributed by atoms with E-state index in [4.69, 9.17) is 16.6 Å². The standard InChI is InChI=1S/C34H38B2ClFN6O2/c1-7-21-12-13-39-29(18(3)4)31(21)44-32-23(15-24(37)30(40-32)28-22(14-26(35)36)10-9-11-25(28)38)33(41-34(44)46)43-19(5)16-42(17-20(43)6)27(45)8-2/h8-15,18-20H,2,7,16-17,35-36H2,1,3-6H3/t19-,20-/m0/s1. The zero-order valence-electron chi connectivity index (χ0n) is 27.4. The van der Waals surface area contributed by atoms with Gasteiger partial charge in [0.2, 0.25) is 5.91 Å². The molecule has 0 unspecified atom stereocenters. The van der Waals surface area contributed by atoms with Crippen LogP contribution in [0.15, 0.2) is 59.3 Å². The molecule has 0 radical (unpaired) electrons. The van der Waals surface area contributed by atoms with Crippen molar-refractivity contribution >= 4 is 56.1 Å². The largest absolute Gasteiger partial charge is 0.355 e. The first-order valence-electron chi connectivity index (χ1n) is 15.6. The fourth-order valence-corrected chi connectivity index (χ4v) is 6.67. The average molecular weight is 639 g/mol. The lowest BCUT2D eigenvalue weighted by atomic mass is 9.77. The SMILES string of the molecule is BC(B)=Cc1cccc(F)c1-c1nc2c(cc1Cl)c(N1[C@@H](C)CN(C(=O)C=C)C[C@@H]1C)nc(=O)n2-c1c(CC)ccnc1C(C)C. The molecule has 2 atom stereocenters.